The number of sulfonamides is 1. The number of ether oxygens (including phenoxy) is 2. The first-order chi connectivity index (χ1) is 9.03. The van der Waals surface area contributed by atoms with Crippen LogP contribution in [0.1, 0.15) is 5.56 Å². The van der Waals surface area contributed by atoms with Crippen molar-refractivity contribution in [2.75, 3.05) is 20.8 Å². The quantitative estimate of drug-likeness (QED) is 0.743. The van der Waals surface area contributed by atoms with E-state index in [2.05, 4.69) is 4.72 Å². The molecule has 0 aliphatic rings. The maximum Gasteiger partial charge on any atom is 0.240 e. The Balaban J connectivity index is 2.74. The largest absolute Gasteiger partial charge is 0.355 e. The summed E-state index contributed by atoms with van der Waals surface area (Å²) in [6, 6.07) is 8.15. The second-order valence-electron chi connectivity index (χ2n) is 3.73. The molecule has 0 unspecified atom stereocenters. The molecule has 1 aromatic rings. The van der Waals surface area contributed by atoms with E-state index in [0.29, 0.717) is 0 Å². The van der Waals surface area contributed by atoms with Gasteiger partial charge in [0, 0.05) is 14.2 Å². The zero-order chi connectivity index (χ0) is 14.3. The monoisotopic (exact) mass is 284 g/mol. The van der Waals surface area contributed by atoms with Crippen molar-refractivity contribution >= 4 is 10.0 Å². The molecule has 19 heavy (non-hydrogen) atoms. The Morgan fingerprint density at radius 3 is 2.32 bits per heavy atom. The van der Waals surface area contributed by atoms with Gasteiger partial charge >= 0.3 is 0 Å². The molecule has 0 bridgehead atoms. The lowest BCUT2D eigenvalue weighted by Crippen LogP contribution is -2.34. The van der Waals surface area contributed by atoms with E-state index in [0.717, 1.165) is 5.56 Å². The van der Waals surface area contributed by atoms with Crippen LogP contribution < -0.4 is 4.72 Å². The molecular weight excluding hydrogens is 268 g/mol. The average Bonchev–Trinajstić information content (AvgIpc) is 2.41. The molecule has 0 radical (unpaired) electrons. The number of hydrogen-bond donors (Lipinski definition) is 1. The van der Waals surface area contributed by atoms with Crippen molar-refractivity contribution in [3.63, 3.8) is 0 Å². The molecule has 0 saturated carbocycles. The third kappa shape index (κ3) is 4.61. The highest BCUT2D eigenvalue weighted by molar-refractivity contribution is 7.89. The Hall–Kier alpha value is -1.46. The van der Waals surface area contributed by atoms with E-state index in [1.54, 1.807) is 12.1 Å². The van der Waals surface area contributed by atoms with E-state index in [9.17, 15) is 8.42 Å². The van der Waals surface area contributed by atoms with Crippen LogP contribution in [0.5, 0.6) is 0 Å². The fraction of sp³-hybridized carbons (Fsp3) is 0.417. The summed E-state index contributed by atoms with van der Waals surface area (Å²) in [5.41, 5.74) is 0.771. The molecule has 7 heteroatoms. The van der Waals surface area contributed by atoms with Gasteiger partial charge in [-0.15, -0.1) is 0 Å². The Morgan fingerprint density at radius 1 is 1.26 bits per heavy atom. The van der Waals surface area contributed by atoms with Crippen molar-refractivity contribution < 1.29 is 17.9 Å². The molecule has 6 nitrogen and oxygen atoms in total. The number of methoxy groups -OCH3 is 2. The summed E-state index contributed by atoms with van der Waals surface area (Å²) >= 11 is 0. The predicted octanol–water partition coefficient (Wildman–Crippen LogP) is 0.650. The van der Waals surface area contributed by atoms with Gasteiger partial charge in [0.2, 0.25) is 10.0 Å². The van der Waals surface area contributed by atoms with Gasteiger partial charge in [-0.25, -0.2) is 13.1 Å². The highest BCUT2D eigenvalue weighted by Gasteiger charge is 2.16. The Bertz CT molecular complexity index is 530. The zero-order valence-electron chi connectivity index (χ0n) is 10.8. The Kier molecular flexibility index (Phi) is 5.92. The van der Waals surface area contributed by atoms with Gasteiger partial charge in [-0.05, 0) is 17.7 Å². The summed E-state index contributed by atoms with van der Waals surface area (Å²) < 4.78 is 36.1. The standard InChI is InChI=1S/C12H16N2O4S/c1-17-12(18-2)9-14-19(15,16)11-5-3-10(4-6-11)7-8-13/h3-6,12,14H,7,9H2,1-2H3. The van der Waals surface area contributed by atoms with Gasteiger partial charge in [0.15, 0.2) is 6.29 Å². The van der Waals surface area contributed by atoms with Crippen LogP contribution in [0.3, 0.4) is 0 Å². The van der Waals surface area contributed by atoms with Crippen molar-refractivity contribution in [1.82, 2.24) is 4.72 Å². The fourth-order valence-electron chi connectivity index (χ4n) is 1.40. The van der Waals surface area contributed by atoms with Gasteiger partial charge in [0.05, 0.1) is 23.9 Å². The predicted molar refractivity (Wildman–Crippen MR) is 68.8 cm³/mol. The Labute approximate surface area is 113 Å². The van der Waals surface area contributed by atoms with Crippen LogP contribution in [-0.2, 0) is 25.9 Å². The molecule has 0 saturated heterocycles. The lowest BCUT2D eigenvalue weighted by molar-refractivity contribution is -0.0960. The molecule has 1 rings (SSSR count). The molecule has 0 aliphatic heterocycles. The van der Waals surface area contributed by atoms with Gasteiger partial charge < -0.3 is 9.47 Å². The number of hydrogen-bond acceptors (Lipinski definition) is 5. The van der Waals surface area contributed by atoms with Crippen LogP contribution in [0.4, 0.5) is 0 Å². The van der Waals surface area contributed by atoms with E-state index in [4.69, 9.17) is 14.7 Å². The van der Waals surface area contributed by atoms with Crippen molar-refractivity contribution in [2.24, 2.45) is 0 Å². The molecular formula is C12H16N2O4S. The van der Waals surface area contributed by atoms with E-state index in [-0.39, 0.29) is 17.9 Å². The molecule has 0 atom stereocenters. The Morgan fingerprint density at radius 2 is 1.84 bits per heavy atom. The highest BCUT2D eigenvalue weighted by Crippen LogP contribution is 2.11. The number of rotatable bonds is 7. The maximum atomic E-state index is 12.0. The zero-order valence-corrected chi connectivity index (χ0v) is 11.6. The lowest BCUT2D eigenvalue weighted by Gasteiger charge is -2.14. The van der Waals surface area contributed by atoms with Gasteiger partial charge in [0.1, 0.15) is 0 Å². The van der Waals surface area contributed by atoms with Crippen LogP contribution >= 0.6 is 0 Å². The molecule has 0 fully saturated rings. The van der Waals surface area contributed by atoms with Gasteiger partial charge in [0.25, 0.3) is 0 Å². The summed E-state index contributed by atoms with van der Waals surface area (Å²) in [5.74, 6) is 0. The SMILES string of the molecule is COC(CNS(=O)(=O)c1ccc(CC#N)cc1)OC. The van der Waals surface area contributed by atoms with E-state index >= 15 is 0 Å². The molecule has 0 heterocycles. The second-order valence-corrected chi connectivity index (χ2v) is 5.50. The van der Waals surface area contributed by atoms with Crippen LogP contribution in [0.2, 0.25) is 0 Å². The minimum atomic E-state index is -3.60. The number of nitrogens with zero attached hydrogens (tertiary/aromatic N) is 1. The second kappa shape index (κ2) is 7.21. The van der Waals surface area contributed by atoms with Crippen molar-refractivity contribution in [1.29, 1.82) is 5.26 Å². The molecule has 1 N–H and O–H groups in total. The maximum absolute atomic E-state index is 12.0. The van der Waals surface area contributed by atoms with Crippen LogP contribution in [-0.4, -0.2) is 35.5 Å². The van der Waals surface area contributed by atoms with Gasteiger partial charge in [-0.2, -0.15) is 5.26 Å². The van der Waals surface area contributed by atoms with Crippen molar-refractivity contribution in [3.8, 4) is 6.07 Å². The summed E-state index contributed by atoms with van der Waals surface area (Å²) in [4.78, 5) is 0.139. The summed E-state index contributed by atoms with van der Waals surface area (Å²) in [6.45, 7) is 0.0231. The summed E-state index contributed by atoms with van der Waals surface area (Å²) in [5, 5.41) is 8.54. The van der Waals surface area contributed by atoms with E-state index in [1.807, 2.05) is 6.07 Å². The fourth-order valence-corrected chi connectivity index (χ4v) is 2.42. The smallest absolute Gasteiger partial charge is 0.240 e. The number of benzene rings is 1. The first-order valence-corrected chi connectivity index (χ1v) is 7.03. The summed E-state index contributed by atoms with van der Waals surface area (Å²) in [6.07, 6.45) is -0.379. The molecule has 104 valence electrons. The van der Waals surface area contributed by atoms with Crippen LogP contribution in [0.25, 0.3) is 0 Å². The van der Waals surface area contributed by atoms with Gasteiger partial charge in [-0.3, -0.25) is 0 Å². The topological polar surface area (TPSA) is 88.4 Å². The molecule has 0 spiro atoms. The van der Waals surface area contributed by atoms with Crippen LogP contribution in [0.15, 0.2) is 29.2 Å². The molecule has 0 aromatic heterocycles. The highest BCUT2D eigenvalue weighted by atomic mass is 32.2. The average molecular weight is 284 g/mol. The minimum absolute atomic E-state index is 0.0231. The first kappa shape index (κ1) is 15.6. The van der Waals surface area contributed by atoms with Crippen LogP contribution in [0, 0.1) is 11.3 Å². The molecule has 1 aromatic carbocycles. The summed E-state index contributed by atoms with van der Waals surface area (Å²) in [7, 11) is -0.741. The molecule has 0 amide bonds. The molecule has 0 aliphatic carbocycles. The third-order valence-corrected chi connectivity index (χ3v) is 3.92. The third-order valence-electron chi connectivity index (χ3n) is 2.48. The lowest BCUT2D eigenvalue weighted by atomic mass is 10.2. The van der Waals surface area contributed by atoms with Gasteiger partial charge in [-0.1, -0.05) is 12.1 Å². The number of nitrogens with one attached hydrogen (secondary N) is 1. The van der Waals surface area contributed by atoms with E-state index < -0.39 is 16.3 Å². The minimum Gasteiger partial charge on any atom is -0.355 e. The van der Waals surface area contributed by atoms with Crippen molar-refractivity contribution in [2.45, 2.75) is 17.6 Å². The number of nitriles is 1. The van der Waals surface area contributed by atoms with Crippen molar-refractivity contribution in [3.05, 3.63) is 29.8 Å². The van der Waals surface area contributed by atoms with E-state index in [1.165, 1.54) is 26.4 Å². The first-order valence-electron chi connectivity index (χ1n) is 5.54. The normalized spacial score (nSPS) is 11.5.